The van der Waals surface area contributed by atoms with Crippen LogP contribution < -0.4 is 4.72 Å². The summed E-state index contributed by atoms with van der Waals surface area (Å²) in [5, 5.41) is 15.1. The van der Waals surface area contributed by atoms with Crippen LogP contribution in [0.4, 0.5) is 0 Å². The zero-order chi connectivity index (χ0) is 12.3. The summed E-state index contributed by atoms with van der Waals surface area (Å²) in [6.45, 7) is 0.154. The minimum atomic E-state index is -3.56. The van der Waals surface area contributed by atoms with E-state index in [-0.39, 0.29) is 17.3 Å². The molecular weight excluding hydrogens is 242 g/mol. The number of hydrogen-bond acceptors (Lipinski definition) is 4. The van der Waals surface area contributed by atoms with Gasteiger partial charge in [0.15, 0.2) is 5.03 Å². The van der Waals surface area contributed by atoms with Crippen molar-refractivity contribution in [3.8, 4) is 5.75 Å². The average molecular weight is 253 g/mol. The van der Waals surface area contributed by atoms with E-state index in [9.17, 15) is 8.42 Å². The van der Waals surface area contributed by atoms with E-state index in [1.165, 1.54) is 24.4 Å². The maximum absolute atomic E-state index is 11.7. The number of phenolic OH excluding ortho intramolecular Hbond substituents is 1. The highest BCUT2D eigenvalue weighted by molar-refractivity contribution is 7.89. The first-order valence-corrected chi connectivity index (χ1v) is 6.33. The summed E-state index contributed by atoms with van der Waals surface area (Å²) >= 11 is 0. The van der Waals surface area contributed by atoms with E-state index in [1.54, 1.807) is 12.1 Å². The molecule has 0 amide bonds. The van der Waals surface area contributed by atoms with Gasteiger partial charge in [-0.2, -0.15) is 5.10 Å². The van der Waals surface area contributed by atoms with Crippen molar-refractivity contribution in [2.75, 3.05) is 0 Å². The number of H-pyrrole nitrogens is 1. The van der Waals surface area contributed by atoms with E-state index in [4.69, 9.17) is 5.11 Å². The standard InChI is InChI=1S/C10H11N3O3S/c14-9-3-1-8(2-4-9)7-12-17(15,16)10-5-6-11-13-10/h1-6,12,14H,7H2,(H,11,13). The highest BCUT2D eigenvalue weighted by Crippen LogP contribution is 2.10. The van der Waals surface area contributed by atoms with Crippen LogP contribution in [-0.2, 0) is 16.6 Å². The van der Waals surface area contributed by atoms with Crippen LogP contribution in [0, 0.1) is 0 Å². The molecular formula is C10H11N3O3S. The number of sulfonamides is 1. The van der Waals surface area contributed by atoms with Gasteiger partial charge in [-0.25, -0.2) is 13.1 Å². The molecule has 3 N–H and O–H groups in total. The van der Waals surface area contributed by atoms with Gasteiger partial charge in [-0.05, 0) is 23.8 Å². The van der Waals surface area contributed by atoms with Crippen LogP contribution in [-0.4, -0.2) is 23.7 Å². The Morgan fingerprint density at radius 2 is 1.94 bits per heavy atom. The second-order valence-electron chi connectivity index (χ2n) is 3.41. The van der Waals surface area contributed by atoms with Crippen LogP contribution in [0.5, 0.6) is 5.75 Å². The maximum atomic E-state index is 11.7. The number of benzene rings is 1. The third kappa shape index (κ3) is 2.83. The van der Waals surface area contributed by atoms with Gasteiger partial charge in [-0.1, -0.05) is 12.1 Å². The number of aromatic amines is 1. The molecule has 0 aliphatic rings. The zero-order valence-corrected chi connectivity index (χ0v) is 9.61. The molecule has 0 saturated heterocycles. The Morgan fingerprint density at radius 3 is 2.53 bits per heavy atom. The largest absolute Gasteiger partial charge is 0.508 e. The van der Waals surface area contributed by atoms with E-state index >= 15 is 0 Å². The van der Waals surface area contributed by atoms with Gasteiger partial charge in [-0.15, -0.1) is 0 Å². The highest BCUT2D eigenvalue weighted by Gasteiger charge is 2.14. The van der Waals surface area contributed by atoms with Crippen LogP contribution in [0.15, 0.2) is 41.6 Å². The number of aromatic nitrogens is 2. The van der Waals surface area contributed by atoms with Gasteiger partial charge in [0, 0.05) is 6.54 Å². The summed E-state index contributed by atoms with van der Waals surface area (Å²) in [4.78, 5) is 0. The minimum Gasteiger partial charge on any atom is -0.508 e. The Labute approximate surface area is 98.4 Å². The predicted molar refractivity (Wildman–Crippen MR) is 60.7 cm³/mol. The first-order valence-electron chi connectivity index (χ1n) is 4.85. The third-order valence-electron chi connectivity index (χ3n) is 2.17. The molecule has 0 atom stereocenters. The average Bonchev–Trinajstić information content (AvgIpc) is 2.82. The normalized spacial score (nSPS) is 11.5. The molecule has 0 radical (unpaired) electrons. The SMILES string of the molecule is O=S(=O)(NCc1ccc(O)cc1)c1ccn[nH]1. The summed E-state index contributed by atoms with van der Waals surface area (Å²) in [6, 6.07) is 7.66. The Kier molecular flexibility index (Phi) is 3.12. The van der Waals surface area contributed by atoms with Gasteiger partial charge < -0.3 is 5.11 Å². The molecule has 7 heteroatoms. The summed E-state index contributed by atoms with van der Waals surface area (Å²) in [6.07, 6.45) is 1.37. The van der Waals surface area contributed by atoms with Crippen molar-refractivity contribution < 1.29 is 13.5 Å². The van der Waals surface area contributed by atoms with Crippen LogP contribution in [0.2, 0.25) is 0 Å². The van der Waals surface area contributed by atoms with Crippen molar-refractivity contribution in [3.63, 3.8) is 0 Å². The van der Waals surface area contributed by atoms with Gasteiger partial charge in [0.2, 0.25) is 0 Å². The Morgan fingerprint density at radius 1 is 1.24 bits per heavy atom. The first-order chi connectivity index (χ1) is 8.08. The number of nitrogens with one attached hydrogen (secondary N) is 2. The lowest BCUT2D eigenvalue weighted by Crippen LogP contribution is -2.23. The monoisotopic (exact) mass is 253 g/mol. The number of phenols is 1. The van der Waals surface area contributed by atoms with Crippen molar-refractivity contribution in [2.24, 2.45) is 0 Å². The van der Waals surface area contributed by atoms with Crippen LogP contribution in [0.25, 0.3) is 0 Å². The number of rotatable bonds is 4. The van der Waals surface area contributed by atoms with Gasteiger partial charge >= 0.3 is 0 Å². The zero-order valence-electron chi connectivity index (χ0n) is 8.79. The van der Waals surface area contributed by atoms with E-state index in [1.807, 2.05) is 0 Å². The van der Waals surface area contributed by atoms with Crippen molar-refractivity contribution in [3.05, 3.63) is 42.1 Å². The Bertz CT molecular complexity index is 576. The smallest absolute Gasteiger partial charge is 0.257 e. The van der Waals surface area contributed by atoms with E-state index < -0.39 is 10.0 Å². The molecule has 2 aromatic rings. The second kappa shape index (κ2) is 4.56. The molecule has 0 fully saturated rings. The van der Waals surface area contributed by atoms with Crippen LogP contribution in [0.3, 0.4) is 0 Å². The third-order valence-corrected chi connectivity index (χ3v) is 3.50. The summed E-state index contributed by atoms with van der Waals surface area (Å²) < 4.78 is 25.8. The Hall–Kier alpha value is -1.86. The molecule has 0 unspecified atom stereocenters. The van der Waals surface area contributed by atoms with Crippen molar-refractivity contribution in [1.29, 1.82) is 0 Å². The minimum absolute atomic E-state index is 0.0243. The lowest BCUT2D eigenvalue weighted by molar-refractivity contribution is 0.475. The Balaban J connectivity index is 2.06. The molecule has 0 aliphatic carbocycles. The van der Waals surface area contributed by atoms with Crippen molar-refractivity contribution in [1.82, 2.24) is 14.9 Å². The summed E-state index contributed by atoms with van der Waals surface area (Å²) in [5.74, 6) is 0.144. The predicted octanol–water partition coefficient (Wildman–Crippen LogP) is 0.594. The molecule has 90 valence electrons. The maximum Gasteiger partial charge on any atom is 0.257 e. The fourth-order valence-electron chi connectivity index (χ4n) is 1.26. The van der Waals surface area contributed by atoms with Crippen LogP contribution in [0.1, 0.15) is 5.56 Å². The molecule has 2 rings (SSSR count). The quantitative estimate of drug-likeness (QED) is 0.743. The summed E-state index contributed by atoms with van der Waals surface area (Å²) in [5.41, 5.74) is 0.755. The molecule has 1 aromatic heterocycles. The fourth-order valence-corrected chi connectivity index (χ4v) is 2.19. The summed E-state index contributed by atoms with van der Waals surface area (Å²) in [7, 11) is -3.56. The molecule has 0 bridgehead atoms. The van der Waals surface area contributed by atoms with E-state index in [0.29, 0.717) is 0 Å². The molecule has 0 spiro atoms. The van der Waals surface area contributed by atoms with Crippen molar-refractivity contribution >= 4 is 10.0 Å². The molecule has 0 saturated carbocycles. The van der Waals surface area contributed by atoms with E-state index in [2.05, 4.69) is 14.9 Å². The number of hydrogen-bond donors (Lipinski definition) is 3. The molecule has 1 aromatic carbocycles. The fraction of sp³-hybridized carbons (Fsp3) is 0.100. The number of aromatic hydroxyl groups is 1. The lowest BCUT2D eigenvalue weighted by atomic mass is 10.2. The molecule has 6 nitrogen and oxygen atoms in total. The van der Waals surface area contributed by atoms with Gasteiger partial charge in [0.25, 0.3) is 10.0 Å². The topological polar surface area (TPSA) is 95.1 Å². The highest BCUT2D eigenvalue weighted by atomic mass is 32.2. The van der Waals surface area contributed by atoms with Gasteiger partial charge in [0.1, 0.15) is 5.75 Å². The number of nitrogens with zero attached hydrogens (tertiary/aromatic N) is 1. The molecule has 1 heterocycles. The molecule has 17 heavy (non-hydrogen) atoms. The van der Waals surface area contributed by atoms with Gasteiger partial charge in [-0.3, -0.25) is 5.10 Å². The van der Waals surface area contributed by atoms with Crippen molar-refractivity contribution in [2.45, 2.75) is 11.6 Å². The first kappa shape index (κ1) is 11.6. The second-order valence-corrected chi connectivity index (χ2v) is 5.15. The lowest BCUT2D eigenvalue weighted by Gasteiger charge is -2.04. The molecule has 0 aliphatic heterocycles. The van der Waals surface area contributed by atoms with Gasteiger partial charge in [0.05, 0.1) is 6.20 Å². The van der Waals surface area contributed by atoms with Crippen LogP contribution >= 0.6 is 0 Å². The van der Waals surface area contributed by atoms with E-state index in [0.717, 1.165) is 5.56 Å².